The Morgan fingerprint density at radius 3 is 2.65 bits per heavy atom. The van der Waals surface area contributed by atoms with E-state index in [1.54, 1.807) is 6.07 Å². The first-order valence-electron chi connectivity index (χ1n) is 6.74. The lowest BCUT2D eigenvalue weighted by Gasteiger charge is -2.37. The van der Waals surface area contributed by atoms with Gasteiger partial charge in [-0.15, -0.1) is 0 Å². The molecule has 2 rings (SSSR count). The fourth-order valence-electron chi connectivity index (χ4n) is 2.37. The molecule has 7 heteroatoms. The zero-order chi connectivity index (χ0) is 14.9. The highest BCUT2D eigenvalue weighted by atomic mass is 32.2. The van der Waals surface area contributed by atoms with Gasteiger partial charge >= 0.3 is 0 Å². The Hall–Kier alpha value is -0.890. The second-order valence-electron chi connectivity index (χ2n) is 5.59. The number of piperazine rings is 1. The maximum absolute atomic E-state index is 12.0. The third kappa shape index (κ3) is 3.22. The van der Waals surface area contributed by atoms with Gasteiger partial charge in [-0.1, -0.05) is 0 Å². The van der Waals surface area contributed by atoms with E-state index in [9.17, 15) is 8.42 Å². The second-order valence-corrected chi connectivity index (χ2v) is 7.67. The first-order valence-corrected chi connectivity index (χ1v) is 8.18. The lowest BCUT2D eigenvalue weighted by Crippen LogP contribution is -2.49. The minimum absolute atomic E-state index is 0.0132. The molecule has 1 unspecified atom stereocenters. The van der Waals surface area contributed by atoms with E-state index < -0.39 is 10.0 Å². The molecule has 0 aliphatic carbocycles. The molecule has 1 aromatic heterocycles. The molecule has 1 aliphatic heterocycles. The quantitative estimate of drug-likeness (QED) is 0.818. The van der Waals surface area contributed by atoms with Crippen LogP contribution in [0.4, 0.5) is 0 Å². The van der Waals surface area contributed by atoms with Crippen LogP contribution in [0.1, 0.15) is 12.7 Å². The van der Waals surface area contributed by atoms with E-state index in [0.29, 0.717) is 18.3 Å². The van der Waals surface area contributed by atoms with Crippen LogP contribution in [0.15, 0.2) is 21.6 Å². The van der Waals surface area contributed by atoms with Crippen LogP contribution >= 0.6 is 0 Å². The Morgan fingerprint density at radius 2 is 2.05 bits per heavy atom. The normalized spacial score (nSPS) is 22.6. The summed E-state index contributed by atoms with van der Waals surface area (Å²) in [4.78, 5) is 4.61. The Bertz CT molecular complexity index is 553. The molecule has 1 fully saturated rings. The van der Waals surface area contributed by atoms with Crippen molar-refractivity contribution in [1.82, 2.24) is 14.1 Å². The van der Waals surface area contributed by atoms with Crippen molar-refractivity contribution in [3.63, 3.8) is 0 Å². The Kier molecular flexibility index (Phi) is 4.53. The fraction of sp³-hybridized carbons (Fsp3) is 0.692. The van der Waals surface area contributed by atoms with E-state index in [1.165, 1.54) is 20.2 Å². The molecule has 0 amide bonds. The van der Waals surface area contributed by atoms with Crippen LogP contribution in [0, 0.1) is 0 Å². The van der Waals surface area contributed by atoms with Crippen LogP contribution in [-0.2, 0) is 16.6 Å². The molecule has 20 heavy (non-hydrogen) atoms. The predicted octanol–water partition coefficient (Wildman–Crippen LogP) is 0.666. The standard InChI is InChI=1S/C13H23N3O3S/c1-11-9-15(4)7-8-16(11)10-12-5-6-13(19-12)20(17,18)14(2)3/h5-6,11H,7-10H2,1-4H3. The van der Waals surface area contributed by atoms with Crippen molar-refractivity contribution in [3.05, 3.63) is 17.9 Å². The molecule has 1 aliphatic rings. The topological polar surface area (TPSA) is 57.0 Å². The number of nitrogens with zero attached hydrogens (tertiary/aromatic N) is 3. The predicted molar refractivity (Wildman–Crippen MR) is 76.9 cm³/mol. The average molecular weight is 301 g/mol. The molecule has 0 N–H and O–H groups in total. The van der Waals surface area contributed by atoms with Crippen LogP contribution in [-0.4, -0.2) is 69.3 Å². The summed E-state index contributed by atoms with van der Waals surface area (Å²) in [5.41, 5.74) is 0. The van der Waals surface area contributed by atoms with Crippen molar-refractivity contribution in [2.75, 3.05) is 40.8 Å². The largest absolute Gasteiger partial charge is 0.447 e. The van der Waals surface area contributed by atoms with Gasteiger partial charge in [0.25, 0.3) is 10.0 Å². The van der Waals surface area contributed by atoms with Gasteiger partial charge in [-0.3, -0.25) is 4.90 Å². The molecule has 114 valence electrons. The number of rotatable bonds is 4. The van der Waals surface area contributed by atoms with Crippen LogP contribution in [0.5, 0.6) is 0 Å². The van der Waals surface area contributed by atoms with Crippen LogP contribution in [0.25, 0.3) is 0 Å². The van der Waals surface area contributed by atoms with Crippen molar-refractivity contribution in [1.29, 1.82) is 0 Å². The number of furan rings is 1. The van der Waals surface area contributed by atoms with Gasteiger partial charge in [-0.2, -0.15) is 0 Å². The summed E-state index contributed by atoms with van der Waals surface area (Å²) in [6.07, 6.45) is 0. The molecule has 0 aromatic carbocycles. The first kappa shape index (κ1) is 15.5. The van der Waals surface area contributed by atoms with E-state index in [0.717, 1.165) is 23.9 Å². The highest BCUT2D eigenvalue weighted by Gasteiger charge is 2.25. The summed E-state index contributed by atoms with van der Waals surface area (Å²) in [5, 5.41) is 0.0132. The van der Waals surface area contributed by atoms with Gasteiger partial charge in [0.05, 0.1) is 6.54 Å². The highest BCUT2D eigenvalue weighted by Crippen LogP contribution is 2.19. The minimum atomic E-state index is -3.48. The van der Waals surface area contributed by atoms with Crippen LogP contribution < -0.4 is 0 Å². The van der Waals surface area contributed by atoms with Gasteiger partial charge in [0, 0.05) is 39.8 Å². The fourth-order valence-corrected chi connectivity index (χ4v) is 3.19. The van der Waals surface area contributed by atoms with Crippen LogP contribution in [0.3, 0.4) is 0 Å². The summed E-state index contributed by atoms with van der Waals surface area (Å²) >= 11 is 0. The molecule has 0 spiro atoms. The average Bonchev–Trinajstić information content (AvgIpc) is 2.81. The Balaban J connectivity index is 2.07. The highest BCUT2D eigenvalue weighted by molar-refractivity contribution is 7.88. The molecule has 2 heterocycles. The minimum Gasteiger partial charge on any atom is -0.447 e. The summed E-state index contributed by atoms with van der Waals surface area (Å²) in [6.45, 7) is 5.83. The molecule has 0 bridgehead atoms. The number of likely N-dealkylation sites (N-methyl/N-ethyl adjacent to an activating group) is 1. The third-order valence-electron chi connectivity index (χ3n) is 3.70. The number of sulfonamides is 1. The van der Waals surface area contributed by atoms with Gasteiger partial charge in [0.15, 0.2) is 0 Å². The molecule has 1 saturated heterocycles. The molecule has 1 atom stereocenters. The smallest absolute Gasteiger partial charge is 0.275 e. The van der Waals surface area contributed by atoms with Crippen molar-refractivity contribution in [3.8, 4) is 0 Å². The van der Waals surface area contributed by atoms with E-state index in [4.69, 9.17) is 4.42 Å². The van der Waals surface area contributed by atoms with Crippen LogP contribution in [0.2, 0.25) is 0 Å². The third-order valence-corrected chi connectivity index (χ3v) is 5.39. The van der Waals surface area contributed by atoms with E-state index >= 15 is 0 Å². The summed E-state index contributed by atoms with van der Waals surface area (Å²) < 4.78 is 30.6. The SMILES string of the molecule is CC1CN(C)CCN1Cc1ccc(S(=O)(=O)N(C)C)o1. The van der Waals surface area contributed by atoms with Crippen molar-refractivity contribution >= 4 is 10.0 Å². The zero-order valence-corrected chi connectivity index (χ0v) is 13.4. The van der Waals surface area contributed by atoms with Crippen molar-refractivity contribution < 1.29 is 12.8 Å². The summed E-state index contributed by atoms with van der Waals surface area (Å²) in [6, 6.07) is 3.72. The molecule has 0 saturated carbocycles. The van der Waals surface area contributed by atoms with Crippen molar-refractivity contribution in [2.24, 2.45) is 0 Å². The van der Waals surface area contributed by atoms with Gasteiger partial charge in [0.1, 0.15) is 5.76 Å². The van der Waals surface area contributed by atoms with Crippen molar-refractivity contribution in [2.45, 2.75) is 24.6 Å². The maximum atomic E-state index is 12.0. The van der Waals surface area contributed by atoms with Gasteiger partial charge in [-0.25, -0.2) is 12.7 Å². The molecular formula is C13H23N3O3S. The lowest BCUT2D eigenvalue weighted by molar-refractivity contribution is 0.0862. The molecular weight excluding hydrogens is 278 g/mol. The molecule has 0 radical (unpaired) electrons. The number of hydrogen-bond acceptors (Lipinski definition) is 5. The second kappa shape index (κ2) is 5.85. The van der Waals surface area contributed by atoms with E-state index in [1.807, 2.05) is 0 Å². The molecule has 6 nitrogen and oxygen atoms in total. The Morgan fingerprint density at radius 1 is 1.35 bits per heavy atom. The summed E-state index contributed by atoms with van der Waals surface area (Å²) in [5.74, 6) is 0.696. The van der Waals surface area contributed by atoms with Gasteiger partial charge in [0.2, 0.25) is 5.09 Å². The summed E-state index contributed by atoms with van der Waals surface area (Å²) in [7, 11) is 1.63. The zero-order valence-electron chi connectivity index (χ0n) is 12.5. The Labute approximate surface area is 121 Å². The van der Waals surface area contributed by atoms with Gasteiger partial charge < -0.3 is 9.32 Å². The first-order chi connectivity index (χ1) is 9.30. The molecule has 1 aromatic rings. The van der Waals surface area contributed by atoms with E-state index in [2.05, 4.69) is 23.8 Å². The monoisotopic (exact) mass is 301 g/mol. The number of hydrogen-bond donors (Lipinski definition) is 0. The maximum Gasteiger partial charge on any atom is 0.275 e. The lowest BCUT2D eigenvalue weighted by atomic mass is 10.2. The van der Waals surface area contributed by atoms with Gasteiger partial charge in [-0.05, 0) is 26.1 Å². The van der Waals surface area contributed by atoms with E-state index in [-0.39, 0.29) is 5.09 Å².